The van der Waals surface area contributed by atoms with Crippen LogP contribution in [0.4, 0.5) is 0 Å². The Morgan fingerprint density at radius 2 is 0.400 bits per heavy atom. The number of ether oxygens (including phenoxy) is 20. The molecule has 10 heterocycles. The highest BCUT2D eigenvalue weighted by Gasteiger charge is 2.62. The zero-order valence-electron chi connectivity index (χ0n) is 60.5. The summed E-state index contributed by atoms with van der Waals surface area (Å²) in [6, 6.07) is 0. The maximum atomic E-state index is 12.4. The maximum absolute atomic E-state index is 12.4. The molecule has 0 saturated carbocycles. The van der Waals surface area contributed by atoms with E-state index in [-0.39, 0.29) is 18.8 Å². The third-order valence-electron chi connectivity index (χ3n) is 21.4. The van der Waals surface area contributed by atoms with E-state index in [4.69, 9.17) is 94.7 Å². The first-order valence-corrected chi connectivity index (χ1v) is 37.4. The van der Waals surface area contributed by atoms with Crippen molar-refractivity contribution in [3.05, 3.63) is 0 Å². The Morgan fingerprint density at radius 3 is 0.696 bits per heavy atom. The molecule has 115 heavy (non-hydrogen) atoms. The van der Waals surface area contributed by atoms with Crippen molar-refractivity contribution in [2.24, 2.45) is 0 Å². The maximum Gasteiger partial charge on any atom is 0.187 e. The van der Waals surface area contributed by atoms with Crippen molar-refractivity contribution in [1.29, 1.82) is 0 Å². The van der Waals surface area contributed by atoms with E-state index in [1.807, 2.05) is 0 Å². The van der Waals surface area contributed by atoms with Crippen LogP contribution in [0.15, 0.2) is 0 Å². The smallest absolute Gasteiger partial charge is 0.187 e. The van der Waals surface area contributed by atoms with Gasteiger partial charge in [-0.2, -0.15) is 12.6 Å². The highest BCUT2D eigenvalue weighted by Crippen LogP contribution is 2.41. The predicted octanol–water partition coefficient (Wildman–Crippen LogP) is -21.5. The minimum absolute atomic E-state index is 0.124. The first-order chi connectivity index (χ1) is 54.7. The second kappa shape index (κ2) is 42.3. The molecule has 0 aromatic rings. The van der Waals surface area contributed by atoms with E-state index in [0.717, 1.165) is 0 Å². The van der Waals surface area contributed by atoms with Gasteiger partial charge in [0.15, 0.2) is 62.9 Å². The van der Waals surface area contributed by atoms with Gasteiger partial charge in [-0.15, -0.1) is 0 Å². The van der Waals surface area contributed by atoms with Crippen molar-refractivity contribution in [3.8, 4) is 0 Å². The number of rotatable bonds is 32. The largest absolute Gasteiger partial charge is 0.394 e. The van der Waals surface area contributed by atoms with Gasteiger partial charge in [0, 0.05) is 0 Å². The lowest BCUT2D eigenvalue weighted by atomic mass is 9.95. The fraction of sp³-hybridized carbons (Fsp3) is 1.00. The summed E-state index contributed by atoms with van der Waals surface area (Å²) < 4.78 is 117. The molecule has 0 aromatic heterocycles. The molecule has 0 aliphatic carbocycles. The van der Waals surface area contributed by atoms with Gasteiger partial charge >= 0.3 is 0 Å². The summed E-state index contributed by atoms with van der Waals surface area (Å²) in [5, 5.41) is 340. The van der Waals surface area contributed by atoms with Crippen LogP contribution in [0.25, 0.3) is 0 Å². The molecule has 31 N–H and O–H groups in total. The van der Waals surface area contributed by atoms with Gasteiger partial charge in [0.05, 0.1) is 72.7 Å². The van der Waals surface area contributed by atoms with Gasteiger partial charge in [0.1, 0.15) is 244 Å². The average molecular weight is 1710 g/mol. The van der Waals surface area contributed by atoms with Crippen LogP contribution in [0.5, 0.6) is 0 Å². The SMILES string of the molecule is OCC1O[C@@H](OCC2O[C@H](OCCCS)C(O)[C@@H](O[C@@H]3OC(CO)[C@@H](O)[C@H](O)C3O)[C@@H]2O[C@@H]2OC(CO)[C@@H](O)[C@H](O)C2O[C@H]2OC(CO)[C@@H](O[C@@H]3OC(CO)[C@H](O[C@H]4OC(CO)[C@H](O)[C@H](O)C4O)[C@H](O)C3O)[C@H](O)C2O)[C@@H](OC2OC(CO)[C@@H](O[C@@H]3OC(CO)[C@H](O[C@H]4OC(CO)[C@H](O)[C@H](O)C4O)[C@H](O)C3O)[C@H](O)C2O)C(O)[C@@H]1O. The molecule has 10 saturated heterocycles. The molecule has 0 bridgehead atoms. The minimum Gasteiger partial charge on any atom is -0.394 e. The summed E-state index contributed by atoms with van der Waals surface area (Å²) in [4.78, 5) is 0. The van der Waals surface area contributed by atoms with Gasteiger partial charge in [-0.3, -0.25) is 0 Å². The minimum atomic E-state index is -2.46. The van der Waals surface area contributed by atoms with Crippen LogP contribution in [0, 0.1) is 0 Å². The van der Waals surface area contributed by atoms with E-state index in [0.29, 0.717) is 0 Å². The van der Waals surface area contributed by atoms with Crippen LogP contribution in [0.3, 0.4) is 0 Å². The van der Waals surface area contributed by atoms with E-state index in [1.165, 1.54) is 0 Å². The lowest BCUT2D eigenvalue weighted by molar-refractivity contribution is -0.410. The molecule has 0 spiro atoms. The molecule has 10 rings (SSSR count). The van der Waals surface area contributed by atoms with Crippen molar-refractivity contribution >= 4 is 12.6 Å². The molecule has 0 amide bonds. The van der Waals surface area contributed by atoms with Crippen LogP contribution in [0.2, 0.25) is 0 Å². The Bertz CT molecular complexity index is 2860. The third-order valence-corrected chi connectivity index (χ3v) is 21.7. The van der Waals surface area contributed by atoms with Crippen LogP contribution in [0.1, 0.15) is 6.42 Å². The lowest BCUT2D eigenvalue weighted by Gasteiger charge is -2.51. The molecule has 51 nitrogen and oxygen atoms in total. The monoisotopic (exact) mass is 1710 g/mol. The van der Waals surface area contributed by atoms with E-state index in [9.17, 15) is 158 Å². The fourth-order valence-electron chi connectivity index (χ4n) is 14.7. The van der Waals surface area contributed by atoms with Crippen molar-refractivity contribution < 1.29 is 253 Å². The summed E-state index contributed by atoms with van der Waals surface area (Å²) in [6.45, 7) is -11.1. The molecule has 52 heteroatoms. The zero-order valence-corrected chi connectivity index (χ0v) is 61.4. The summed E-state index contributed by atoms with van der Waals surface area (Å²) >= 11 is 4.19. The summed E-state index contributed by atoms with van der Waals surface area (Å²) in [7, 11) is 0. The highest BCUT2D eigenvalue weighted by atomic mass is 32.1. The molecule has 10 aliphatic rings. The predicted molar refractivity (Wildman–Crippen MR) is 352 cm³/mol. The average Bonchev–Trinajstić information content (AvgIpc) is 0.764. The van der Waals surface area contributed by atoms with Crippen LogP contribution >= 0.6 is 12.6 Å². The zero-order chi connectivity index (χ0) is 84.2. The van der Waals surface area contributed by atoms with E-state index in [1.54, 1.807) is 0 Å². The first-order valence-electron chi connectivity index (χ1n) is 36.8. The lowest BCUT2D eigenvalue weighted by Crippen LogP contribution is -2.69. The topological polar surface area (TPSA) is 812 Å². The normalized spacial score (nSPS) is 52.3. The molecule has 10 aliphatic heterocycles. The Labute approximate surface area is 655 Å². The van der Waals surface area contributed by atoms with E-state index < -0.39 is 373 Å². The van der Waals surface area contributed by atoms with Gasteiger partial charge in [0.2, 0.25) is 0 Å². The first kappa shape index (κ1) is 95.5. The van der Waals surface area contributed by atoms with Crippen molar-refractivity contribution in [2.75, 3.05) is 78.4 Å². The van der Waals surface area contributed by atoms with Gasteiger partial charge in [0.25, 0.3) is 0 Å². The van der Waals surface area contributed by atoms with Crippen LogP contribution in [-0.2, 0) is 94.7 Å². The Hall–Kier alpha value is -1.69. The van der Waals surface area contributed by atoms with Gasteiger partial charge in [-0.1, -0.05) is 0 Å². The molecular weight excluding hydrogens is 1600 g/mol. The Morgan fingerprint density at radius 1 is 0.183 bits per heavy atom. The second-order valence-corrected chi connectivity index (χ2v) is 29.4. The molecule has 672 valence electrons. The van der Waals surface area contributed by atoms with Gasteiger partial charge in [-0.05, 0) is 12.2 Å². The van der Waals surface area contributed by atoms with Crippen LogP contribution in [-0.4, -0.2) is 544 Å². The quantitative estimate of drug-likeness (QED) is 0.0220. The summed E-state index contributed by atoms with van der Waals surface area (Å²) in [5.74, 6) is 0.144. The number of hydrogen-bond acceptors (Lipinski definition) is 52. The number of hydrogen-bond donors (Lipinski definition) is 32. The van der Waals surface area contributed by atoms with E-state index >= 15 is 0 Å². The number of aliphatic hydroxyl groups excluding tert-OH is 31. The van der Waals surface area contributed by atoms with Crippen molar-refractivity contribution in [3.63, 3.8) is 0 Å². The molecular formula is C63H108O51S. The Kier molecular flexibility index (Phi) is 35.2. The van der Waals surface area contributed by atoms with Gasteiger partial charge in [-0.25, -0.2) is 0 Å². The van der Waals surface area contributed by atoms with E-state index in [2.05, 4.69) is 12.6 Å². The van der Waals surface area contributed by atoms with Crippen molar-refractivity contribution in [1.82, 2.24) is 0 Å². The summed E-state index contributed by atoms with van der Waals surface area (Å²) in [6.07, 6.45) is -104. The molecule has 10 fully saturated rings. The third kappa shape index (κ3) is 20.5. The number of aliphatic hydroxyl groups is 31. The van der Waals surface area contributed by atoms with Crippen LogP contribution < -0.4 is 0 Å². The molecule has 21 unspecified atom stereocenters. The molecule has 50 atom stereocenters. The standard InChI is InChI=1S/C63H108O51S/c64-4-14-24(73)29(78)38(87)55(97-14)107-46-19(9-69)102-58(41(90)34(46)83)109-48-21(11-71)104-60(43(92)36(48)85)113-52-32(81)27(76)17(7-67)100-62(52)96-13-23-50(51(45(94)54(106-23)95-2-1-3-115)112-57-40(89)31(80)26(75)16(6-66)99-57)111-63-53(33(82)28(77)18(8-68)101-63)114-61-44(93)37(86)49(22(12-72)105-61)110-59-42(91)35(84)47(20(10-70)103-59)108-56-39(88)30(79)25(74)15(5-65)98-56/h14-94,115H,1-13H2/t14?,15?,16?,17?,18?,19?,20?,21?,22?,23?,24-,25-,26+,27+,28+,29-,30-,31-,32?,33-,34+,35+,36+,37+,38?,39?,40?,41?,42?,43?,44?,45?,46-,47-,48+,49+,50+,51+,52-,53?,54-,55+,56+,57-,58-,59-,60?,61+,62+,63-/m0/s1. The van der Waals surface area contributed by atoms with Crippen molar-refractivity contribution in [2.45, 2.75) is 313 Å². The Balaban J connectivity index is 0.902. The second-order valence-electron chi connectivity index (χ2n) is 29.0. The molecule has 0 radical (unpaired) electrons. The molecule has 0 aromatic carbocycles. The van der Waals surface area contributed by atoms with Gasteiger partial charge < -0.3 is 253 Å². The highest BCUT2D eigenvalue weighted by molar-refractivity contribution is 7.80. The number of thiol groups is 1. The summed E-state index contributed by atoms with van der Waals surface area (Å²) in [5.41, 5.74) is 0. The fourth-order valence-corrected chi connectivity index (χ4v) is 14.8.